The second-order valence-corrected chi connectivity index (χ2v) is 9.12. The van der Waals surface area contributed by atoms with Crippen molar-refractivity contribution in [3.63, 3.8) is 0 Å². The van der Waals surface area contributed by atoms with Crippen molar-refractivity contribution in [1.29, 1.82) is 0 Å². The van der Waals surface area contributed by atoms with Gasteiger partial charge in [0.2, 0.25) is 5.88 Å². The van der Waals surface area contributed by atoms with Crippen LogP contribution in [0.5, 0.6) is 11.6 Å². The van der Waals surface area contributed by atoms with E-state index in [1.165, 1.54) is 0 Å². The van der Waals surface area contributed by atoms with E-state index in [2.05, 4.69) is 10.1 Å². The molecule has 0 saturated heterocycles. The van der Waals surface area contributed by atoms with Crippen LogP contribution in [0, 0.1) is 0 Å². The molecule has 1 aliphatic heterocycles. The summed E-state index contributed by atoms with van der Waals surface area (Å²) in [5, 5.41) is 5.94. The second kappa shape index (κ2) is 7.91. The average Bonchev–Trinajstić information content (AvgIpc) is 3.35. The number of fused-ring (bicyclic) bond motifs is 6. The van der Waals surface area contributed by atoms with Crippen molar-refractivity contribution in [2.75, 3.05) is 0 Å². The van der Waals surface area contributed by atoms with Gasteiger partial charge in [0.15, 0.2) is 17.2 Å². The highest BCUT2D eigenvalue weighted by molar-refractivity contribution is 6.42. The van der Waals surface area contributed by atoms with Gasteiger partial charge in [-0.15, -0.1) is 5.10 Å². The normalized spacial score (nSPS) is 14.4. The summed E-state index contributed by atoms with van der Waals surface area (Å²) in [6.45, 7) is 0. The summed E-state index contributed by atoms with van der Waals surface area (Å²) in [4.78, 5) is 22.8. The third-order valence-corrected chi connectivity index (χ3v) is 7.12. The Labute approximate surface area is 213 Å². The SMILES string of the molecule is O=c1oc2ccccc2c2c1C(c1cccc(Cl)c1Cl)c1c(ncn3nc(-c4ccccc4)nc13)O2. The molecular formula is C27H14Cl2N4O3. The number of rotatable bonds is 2. The van der Waals surface area contributed by atoms with Crippen LogP contribution in [0.2, 0.25) is 10.0 Å². The van der Waals surface area contributed by atoms with Gasteiger partial charge in [0.1, 0.15) is 11.9 Å². The number of benzene rings is 3. The van der Waals surface area contributed by atoms with Crippen LogP contribution >= 0.6 is 23.2 Å². The Morgan fingerprint density at radius 1 is 0.889 bits per heavy atom. The van der Waals surface area contributed by atoms with Gasteiger partial charge in [-0.05, 0) is 23.8 Å². The zero-order chi connectivity index (χ0) is 24.4. The summed E-state index contributed by atoms with van der Waals surface area (Å²) in [5.74, 6) is 0.478. The van der Waals surface area contributed by atoms with E-state index in [-0.39, 0.29) is 0 Å². The molecular weight excluding hydrogens is 499 g/mol. The maximum atomic E-state index is 13.4. The Hall–Kier alpha value is -4.20. The quantitative estimate of drug-likeness (QED) is 0.246. The lowest BCUT2D eigenvalue weighted by atomic mass is 9.84. The van der Waals surface area contributed by atoms with Crippen molar-refractivity contribution in [1.82, 2.24) is 19.6 Å². The van der Waals surface area contributed by atoms with Crippen LogP contribution in [0.25, 0.3) is 28.0 Å². The molecule has 0 amide bonds. The zero-order valence-electron chi connectivity index (χ0n) is 18.4. The molecule has 0 spiro atoms. The third-order valence-electron chi connectivity index (χ3n) is 6.29. The van der Waals surface area contributed by atoms with Crippen LogP contribution in [-0.2, 0) is 0 Å². The van der Waals surface area contributed by atoms with E-state index in [9.17, 15) is 4.79 Å². The highest BCUT2D eigenvalue weighted by atomic mass is 35.5. The van der Waals surface area contributed by atoms with Crippen molar-refractivity contribution in [2.45, 2.75) is 5.92 Å². The summed E-state index contributed by atoms with van der Waals surface area (Å²) >= 11 is 13.1. The fraction of sp³-hybridized carbons (Fsp3) is 0.0370. The minimum Gasteiger partial charge on any atom is -0.437 e. The fourth-order valence-electron chi connectivity index (χ4n) is 4.69. The number of para-hydroxylation sites is 1. The summed E-state index contributed by atoms with van der Waals surface area (Å²) in [6, 6.07) is 22.1. The molecule has 7 nitrogen and oxygen atoms in total. The van der Waals surface area contributed by atoms with Crippen LogP contribution in [0.4, 0.5) is 0 Å². The number of nitrogens with zero attached hydrogens (tertiary/aromatic N) is 4. The largest absolute Gasteiger partial charge is 0.437 e. The van der Waals surface area contributed by atoms with Gasteiger partial charge in [0.05, 0.1) is 32.5 Å². The smallest absolute Gasteiger partial charge is 0.344 e. The van der Waals surface area contributed by atoms with Crippen LogP contribution < -0.4 is 10.4 Å². The van der Waals surface area contributed by atoms with Gasteiger partial charge < -0.3 is 9.15 Å². The molecule has 0 aliphatic carbocycles. The molecule has 174 valence electrons. The molecule has 9 heteroatoms. The monoisotopic (exact) mass is 512 g/mol. The van der Waals surface area contributed by atoms with Crippen LogP contribution in [-0.4, -0.2) is 19.6 Å². The topological polar surface area (TPSA) is 82.5 Å². The van der Waals surface area contributed by atoms with Gasteiger partial charge >= 0.3 is 5.63 Å². The fourth-order valence-corrected chi connectivity index (χ4v) is 5.11. The van der Waals surface area contributed by atoms with Crippen LogP contribution in [0.3, 0.4) is 0 Å². The summed E-state index contributed by atoms with van der Waals surface area (Å²) in [7, 11) is 0. The van der Waals surface area contributed by atoms with Crippen LogP contribution in [0.1, 0.15) is 22.6 Å². The van der Waals surface area contributed by atoms with E-state index in [1.807, 2.05) is 48.5 Å². The van der Waals surface area contributed by atoms with Crippen molar-refractivity contribution in [3.8, 4) is 23.0 Å². The molecule has 0 bridgehead atoms. The maximum absolute atomic E-state index is 13.4. The Morgan fingerprint density at radius 3 is 2.56 bits per heavy atom. The number of halogens is 2. The molecule has 1 aliphatic rings. The standard InChI is InChI=1S/C27H14Cl2N4O3/c28-17-11-6-10-16(22(17)29)19-20-23(15-9-4-5-12-18(15)35-27(20)34)36-26-21(19)25-31-24(32-33(25)13-30-26)14-7-2-1-3-8-14/h1-13,19H. The van der Waals surface area contributed by atoms with Crippen molar-refractivity contribution in [2.24, 2.45) is 0 Å². The number of hydrogen-bond acceptors (Lipinski definition) is 6. The highest BCUT2D eigenvalue weighted by Gasteiger charge is 2.38. The lowest BCUT2D eigenvalue weighted by molar-refractivity contribution is 0.422. The molecule has 0 fully saturated rings. The van der Waals surface area contributed by atoms with E-state index in [4.69, 9.17) is 37.3 Å². The molecule has 0 saturated carbocycles. The minimum atomic E-state index is -0.708. The molecule has 7 rings (SSSR count). The Balaban J connectivity index is 1.59. The van der Waals surface area contributed by atoms with Gasteiger partial charge in [0.25, 0.3) is 0 Å². The van der Waals surface area contributed by atoms with Gasteiger partial charge in [-0.3, -0.25) is 0 Å². The van der Waals surface area contributed by atoms with E-state index in [0.717, 1.165) is 5.56 Å². The molecule has 3 aromatic heterocycles. The van der Waals surface area contributed by atoms with Gasteiger partial charge in [0, 0.05) is 5.56 Å². The predicted molar refractivity (Wildman–Crippen MR) is 136 cm³/mol. The lowest BCUT2D eigenvalue weighted by Crippen LogP contribution is -2.22. The highest BCUT2D eigenvalue weighted by Crippen LogP contribution is 2.50. The lowest BCUT2D eigenvalue weighted by Gasteiger charge is -2.28. The van der Waals surface area contributed by atoms with E-state index in [0.29, 0.717) is 60.8 Å². The number of aromatic nitrogens is 4. The minimum absolute atomic E-state index is 0.296. The Morgan fingerprint density at radius 2 is 1.69 bits per heavy atom. The first-order chi connectivity index (χ1) is 17.6. The first-order valence-electron chi connectivity index (χ1n) is 11.1. The van der Waals surface area contributed by atoms with E-state index in [1.54, 1.807) is 35.1 Å². The van der Waals surface area contributed by atoms with Crippen molar-refractivity contribution < 1.29 is 9.15 Å². The zero-order valence-corrected chi connectivity index (χ0v) is 19.9. The van der Waals surface area contributed by atoms with E-state index >= 15 is 0 Å². The third kappa shape index (κ3) is 3.07. The summed E-state index contributed by atoms with van der Waals surface area (Å²) < 4.78 is 13.6. The molecule has 4 heterocycles. The first kappa shape index (κ1) is 21.1. The molecule has 1 unspecified atom stereocenters. The van der Waals surface area contributed by atoms with Crippen LogP contribution in [0.15, 0.2) is 88.3 Å². The second-order valence-electron chi connectivity index (χ2n) is 8.34. The van der Waals surface area contributed by atoms with Gasteiger partial charge in [-0.1, -0.05) is 77.8 Å². The maximum Gasteiger partial charge on any atom is 0.344 e. The predicted octanol–water partition coefficient (Wildman–Crippen LogP) is 6.49. The molecule has 0 radical (unpaired) electrons. The Bertz CT molecular complexity index is 1880. The average molecular weight is 513 g/mol. The molecule has 36 heavy (non-hydrogen) atoms. The molecule has 1 atom stereocenters. The first-order valence-corrected chi connectivity index (χ1v) is 11.8. The molecule has 6 aromatic rings. The Kier molecular flexibility index (Phi) is 4.64. The van der Waals surface area contributed by atoms with E-state index < -0.39 is 11.5 Å². The van der Waals surface area contributed by atoms with Crippen molar-refractivity contribution in [3.05, 3.63) is 116 Å². The van der Waals surface area contributed by atoms with Gasteiger partial charge in [-0.25, -0.2) is 19.3 Å². The molecule has 0 N–H and O–H groups in total. The number of hydrogen-bond donors (Lipinski definition) is 0. The summed E-state index contributed by atoms with van der Waals surface area (Å²) in [6.07, 6.45) is 1.54. The summed E-state index contributed by atoms with van der Waals surface area (Å²) in [5.41, 5.74) is 2.65. The number of ether oxygens (including phenoxy) is 1. The van der Waals surface area contributed by atoms with Crippen molar-refractivity contribution >= 4 is 39.8 Å². The molecule has 3 aromatic carbocycles. The van der Waals surface area contributed by atoms with Gasteiger partial charge in [-0.2, -0.15) is 0 Å².